The minimum atomic E-state index is -0.603. The van der Waals surface area contributed by atoms with Gasteiger partial charge in [0.1, 0.15) is 0 Å². The smallest absolute Gasteiger partial charge is 0.271 e. The van der Waals surface area contributed by atoms with E-state index in [4.69, 9.17) is 16.3 Å². The highest BCUT2D eigenvalue weighted by Crippen LogP contribution is 2.34. The van der Waals surface area contributed by atoms with Crippen molar-refractivity contribution in [3.8, 4) is 11.5 Å². The van der Waals surface area contributed by atoms with Gasteiger partial charge in [0, 0.05) is 22.7 Å². The molecule has 8 heteroatoms. The first-order valence-electron chi connectivity index (χ1n) is 7.24. The molecular formula is C17H14ClN3O4. The number of amides is 2. The predicted molar refractivity (Wildman–Crippen MR) is 92.9 cm³/mol. The Labute approximate surface area is 147 Å². The third-order valence-corrected chi connectivity index (χ3v) is 3.92. The number of ether oxygens (including phenoxy) is 1. The average Bonchev–Trinajstić information content (AvgIpc) is 3.05. The number of benzene rings is 2. The molecule has 0 aliphatic carbocycles. The van der Waals surface area contributed by atoms with Crippen LogP contribution >= 0.6 is 11.6 Å². The van der Waals surface area contributed by atoms with Crippen LogP contribution < -0.4 is 15.6 Å². The highest BCUT2D eigenvalue weighted by molar-refractivity contribution is 6.32. The van der Waals surface area contributed by atoms with Crippen LogP contribution in [0, 0.1) is 0 Å². The summed E-state index contributed by atoms with van der Waals surface area (Å²) in [6.45, 7) is 0. The number of aromatic amines is 1. The van der Waals surface area contributed by atoms with Gasteiger partial charge in [-0.3, -0.25) is 20.4 Å². The first kappa shape index (κ1) is 16.7. The van der Waals surface area contributed by atoms with Crippen molar-refractivity contribution in [3.63, 3.8) is 0 Å². The number of fused-ring (bicyclic) bond motifs is 1. The van der Waals surface area contributed by atoms with Crippen molar-refractivity contribution in [1.29, 1.82) is 0 Å². The van der Waals surface area contributed by atoms with E-state index in [1.807, 2.05) is 18.2 Å². The van der Waals surface area contributed by atoms with E-state index in [-0.39, 0.29) is 22.1 Å². The van der Waals surface area contributed by atoms with Gasteiger partial charge in [-0.1, -0.05) is 29.8 Å². The molecule has 1 aromatic heterocycles. The summed E-state index contributed by atoms with van der Waals surface area (Å²) in [5.41, 5.74) is 5.98. The van der Waals surface area contributed by atoms with Crippen LogP contribution in [-0.2, 0) is 0 Å². The summed E-state index contributed by atoms with van der Waals surface area (Å²) in [5, 5.41) is 10.4. The predicted octanol–water partition coefficient (Wildman–Crippen LogP) is 2.61. The molecule has 0 fully saturated rings. The number of phenols is 1. The van der Waals surface area contributed by atoms with E-state index in [1.54, 1.807) is 12.3 Å². The number of H-pyrrole nitrogens is 1. The fraction of sp³-hybridized carbons (Fsp3) is 0.0588. The highest BCUT2D eigenvalue weighted by Gasteiger charge is 2.16. The van der Waals surface area contributed by atoms with Gasteiger partial charge in [0.25, 0.3) is 11.8 Å². The molecule has 3 aromatic rings. The van der Waals surface area contributed by atoms with Crippen LogP contribution in [0.25, 0.3) is 10.9 Å². The number of halogens is 1. The Morgan fingerprint density at radius 3 is 2.64 bits per heavy atom. The summed E-state index contributed by atoms with van der Waals surface area (Å²) < 4.78 is 4.94. The van der Waals surface area contributed by atoms with Crippen LogP contribution in [0.1, 0.15) is 20.7 Å². The molecule has 25 heavy (non-hydrogen) atoms. The number of carbonyl (C=O) groups is 2. The van der Waals surface area contributed by atoms with Crippen molar-refractivity contribution in [2.75, 3.05) is 7.11 Å². The zero-order valence-electron chi connectivity index (χ0n) is 13.1. The second-order valence-corrected chi connectivity index (χ2v) is 5.57. The molecule has 3 rings (SSSR count). The molecule has 0 spiro atoms. The molecule has 0 saturated heterocycles. The maximum atomic E-state index is 12.3. The van der Waals surface area contributed by atoms with Gasteiger partial charge in [-0.25, -0.2) is 0 Å². The number of phenolic OH excluding ortho intramolecular Hbond substituents is 1. The van der Waals surface area contributed by atoms with E-state index >= 15 is 0 Å². The first-order chi connectivity index (χ1) is 12.0. The first-order valence-corrected chi connectivity index (χ1v) is 7.62. The number of carbonyl (C=O) groups excluding carboxylic acids is 2. The number of methoxy groups -OCH3 is 1. The molecule has 2 aromatic carbocycles. The van der Waals surface area contributed by atoms with Crippen LogP contribution in [0.3, 0.4) is 0 Å². The van der Waals surface area contributed by atoms with Gasteiger partial charge in [0.05, 0.1) is 17.7 Å². The Morgan fingerprint density at radius 2 is 1.88 bits per heavy atom. The maximum Gasteiger partial charge on any atom is 0.271 e. The third kappa shape index (κ3) is 3.22. The van der Waals surface area contributed by atoms with E-state index < -0.39 is 11.8 Å². The molecule has 0 radical (unpaired) electrons. The monoisotopic (exact) mass is 359 g/mol. The summed E-state index contributed by atoms with van der Waals surface area (Å²) >= 11 is 5.85. The van der Waals surface area contributed by atoms with Crippen molar-refractivity contribution in [2.45, 2.75) is 0 Å². The quantitative estimate of drug-likeness (QED) is 0.540. The maximum absolute atomic E-state index is 12.3. The molecule has 4 N–H and O–H groups in total. The molecule has 0 aliphatic heterocycles. The van der Waals surface area contributed by atoms with Crippen LogP contribution in [0.4, 0.5) is 0 Å². The standard InChI is InChI=1S/C17H14ClN3O4/c1-25-14-7-9(6-12(18)15(14)22)16(23)20-21-17(24)11-8-19-13-5-3-2-4-10(11)13/h2-8,19,22H,1H3,(H,20,23)(H,21,24). The summed E-state index contributed by atoms with van der Waals surface area (Å²) in [7, 11) is 1.34. The van der Waals surface area contributed by atoms with Crippen LogP contribution in [-0.4, -0.2) is 29.0 Å². The Bertz CT molecular complexity index is 968. The fourth-order valence-corrected chi connectivity index (χ4v) is 2.58. The molecule has 2 amide bonds. The molecule has 0 aliphatic rings. The van der Waals surface area contributed by atoms with Crippen molar-refractivity contribution in [1.82, 2.24) is 15.8 Å². The van der Waals surface area contributed by atoms with Crippen molar-refractivity contribution in [3.05, 3.63) is 58.7 Å². The molecule has 128 valence electrons. The molecule has 0 bridgehead atoms. The summed E-state index contributed by atoms with van der Waals surface area (Å²) in [4.78, 5) is 27.4. The zero-order chi connectivity index (χ0) is 18.0. The number of nitrogens with one attached hydrogen (secondary N) is 3. The van der Waals surface area contributed by atoms with Gasteiger partial charge in [0.15, 0.2) is 11.5 Å². The number of hydrogen-bond acceptors (Lipinski definition) is 4. The number of aromatic hydroxyl groups is 1. The topological polar surface area (TPSA) is 103 Å². The zero-order valence-corrected chi connectivity index (χ0v) is 13.8. The Hall–Kier alpha value is -3.19. The van der Waals surface area contributed by atoms with Crippen molar-refractivity contribution in [2.24, 2.45) is 0 Å². The lowest BCUT2D eigenvalue weighted by Crippen LogP contribution is -2.41. The second-order valence-electron chi connectivity index (χ2n) is 5.17. The van der Waals surface area contributed by atoms with Crippen LogP contribution in [0.15, 0.2) is 42.6 Å². The van der Waals surface area contributed by atoms with Crippen molar-refractivity contribution < 1.29 is 19.4 Å². The lowest BCUT2D eigenvalue weighted by atomic mass is 10.1. The van der Waals surface area contributed by atoms with E-state index in [9.17, 15) is 14.7 Å². The molecule has 0 unspecified atom stereocenters. The van der Waals surface area contributed by atoms with Gasteiger partial charge in [-0.15, -0.1) is 0 Å². The summed E-state index contributed by atoms with van der Waals surface area (Å²) in [6.07, 6.45) is 1.56. The Kier molecular flexibility index (Phi) is 4.49. The van der Waals surface area contributed by atoms with Crippen molar-refractivity contribution >= 4 is 34.3 Å². The second kappa shape index (κ2) is 6.74. The number of para-hydroxylation sites is 1. The van der Waals surface area contributed by atoms with Crippen LogP contribution in [0.5, 0.6) is 11.5 Å². The van der Waals surface area contributed by atoms with E-state index in [2.05, 4.69) is 15.8 Å². The minimum absolute atomic E-state index is 0.0348. The average molecular weight is 360 g/mol. The lowest BCUT2D eigenvalue weighted by Gasteiger charge is -2.10. The van der Waals surface area contributed by atoms with Crippen LogP contribution in [0.2, 0.25) is 5.02 Å². The van der Waals surface area contributed by atoms with E-state index in [0.717, 1.165) is 10.9 Å². The normalized spacial score (nSPS) is 10.5. The fourth-order valence-electron chi connectivity index (χ4n) is 2.37. The van der Waals surface area contributed by atoms with E-state index in [1.165, 1.54) is 19.2 Å². The summed E-state index contributed by atoms with van der Waals surface area (Å²) in [6, 6.07) is 9.89. The molecular weight excluding hydrogens is 346 g/mol. The molecule has 0 saturated carbocycles. The largest absolute Gasteiger partial charge is 0.503 e. The van der Waals surface area contributed by atoms with E-state index in [0.29, 0.717) is 5.56 Å². The lowest BCUT2D eigenvalue weighted by molar-refractivity contribution is 0.0847. The molecule has 1 heterocycles. The number of aromatic nitrogens is 1. The summed E-state index contributed by atoms with van der Waals surface area (Å²) in [5.74, 6) is -1.28. The van der Waals surface area contributed by atoms with Gasteiger partial charge in [0.2, 0.25) is 0 Å². The third-order valence-electron chi connectivity index (χ3n) is 3.63. The number of hydrazine groups is 1. The molecule has 0 atom stereocenters. The van der Waals surface area contributed by atoms with Gasteiger partial charge >= 0.3 is 0 Å². The SMILES string of the molecule is COc1cc(C(=O)NNC(=O)c2c[nH]c3ccccc23)cc(Cl)c1O. The highest BCUT2D eigenvalue weighted by atomic mass is 35.5. The molecule has 7 nitrogen and oxygen atoms in total. The number of rotatable bonds is 3. The Balaban J connectivity index is 1.74. The van der Waals surface area contributed by atoms with Gasteiger partial charge in [-0.05, 0) is 18.2 Å². The Morgan fingerprint density at radius 1 is 1.16 bits per heavy atom. The number of hydrogen-bond donors (Lipinski definition) is 4. The van der Waals surface area contributed by atoms with Gasteiger partial charge in [-0.2, -0.15) is 0 Å². The minimum Gasteiger partial charge on any atom is -0.503 e. The van der Waals surface area contributed by atoms with Gasteiger partial charge < -0.3 is 14.8 Å².